The minimum atomic E-state index is -1.11. The van der Waals surface area contributed by atoms with Crippen molar-refractivity contribution in [1.29, 1.82) is 0 Å². The molecular formula is C5H10FeN2O3. The summed E-state index contributed by atoms with van der Waals surface area (Å²) in [6.07, 6.45) is 0.123. The number of rotatable bonds is 4. The third kappa shape index (κ3) is 7.31. The van der Waals surface area contributed by atoms with Crippen LogP contribution in [0.5, 0.6) is 0 Å². The van der Waals surface area contributed by atoms with Crippen LogP contribution in [0.1, 0.15) is 12.8 Å². The van der Waals surface area contributed by atoms with Gasteiger partial charge >= 0.3 is 5.97 Å². The molecule has 11 heavy (non-hydrogen) atoms. The van der Waals surface area contributed by atoms with Gasteiger partial charge in [0.2, 0.25) is 5.91 Å². The van der Waals surface area contributed by atoms with Gasteiger partial charge in [-0.2, -0.15) is 0 Å². The van der Waals surface area contributed by atoms with Crippen LogP contribution in [0.15, 0.2) is 0 Å². The molecule has 5 N–H and O–H groups in total. The number of carboxylic acids is 1. The number of amides is 1. The fourth-order valence-electron chi connectivity index (χ4n) is 0.421. The molecule has 0 saturated heterocycles. The van der Waals surface area contributed by atoms with E-state index >= 15 is 0 Å². The molecule has 0 aliphatic rings. The van der Waals surface area contributed by atoms with E-state index < -0.39 is 17.9 Å². The third-order valence-corrected chi connectivity index (χ3v) is 1.02. The Balaban J connectivity index is 0. The molecule has 0 unspecified atom stereocenters. The molecule has 0 radical (unpaired) electrons. The van der Waals surface area contributed by atoms with Gasteiger partial charge in [-0.3, -0.25) is 9.59 Å². The smallest absolute Gasteiger partial charge is 0.320 e. The van der Waals surface area contributed by atoms with E-state index in [9.17, 15) is 9.59 Å². The average Bonchev–Trinajstić information content (AvgIpc) is 1.82. The molecule has 0 aliphatic heterocycles. The monoisotopic (exact) mass is 202 g/mol. The van der Waals surface area contributed by atoms with Gasteiger partial charge in [0, 0.05) is 23.5 Å². The zero-order valence-corrected chi connectivity index (χ0v) is 6.87. The number of nitrogens with two attached hydrogens (primary N) is 2. The van der Waals surface area contributed by atoms with E-state index in [1.54, 1.807) is 0 Å². The zero-order valence-electron chi connectivity index (χ0n) is 5.76. The number of aliphatic carboxylic acids is 1. The van der Waals surface area contributed by atoms with Crippen LogP contribution >= 0.6 is 0 Å². The minimum Gasteiger partial charge on any atom is -0.480 e. The van der Waals surface area contributed by atoms with E-state index in [1.807, 2.05) is 0 Å². The molecule has 6 heteroatoms. The van der Waals surface area contributed by atoms with E-state index in [0.717, 1.165) is 0 Å². The van der Waals surface area contributed by atoms with Crippen LogP contribution < -0.4 is 11.5 Å². The normalized spacial score (nSPS) is 11.4. The standard InChI is InChI=1S/C5H10N2O3.Fe/c6-3(5(9)10)1-2-4(7)8;/h3H,1-2,6H2,(H2,7,8)(H,9,10);/t3-;/m0./s1. The molecule has 0 saturated carbocycles. The van der Waals surface area contributed by atoms with Gasteiger partial charge in [-0.15, -0.1) is 0 Å². The third-order valence-electron chi connectivity index (χ3n) is 1.02. The predicted octanol–water partition coefficient (Wildman–Crippen LogP) is -1.34. The molecule has 0 heterocycles. The van der Waals surface area contributed by atoms with Gasteiger partial charge in [0.25, 0.3) is 0 Å². The van der Waals surface area contributed by atoms with Crippen molar-refractivity contribution < 1.29 is 31.8 Å². The van der Waals surface area contributed by atoms with Crippen molar-refractivity contribution in [3.05, 3.63) is 0 Å². The summed E-state index contributed by atoms with van der Waals surface area (Å²) in [5.41, 5.74) is 9.81. The molecule has 5 nitrogen and oxygen atoms in total. The molecule has 1 atom stereocenters. The van der Waals surface area contributed by atoms with Crippen molar-refractivity contribution in [1.82, 2.24) is 0 Å². The minimum absolute atomic E-state index is 0. The number of hydrogen-bond donors (Lipinski definition) is 3. The van der Waals surface area contributed by atoms with Crippen LogP contribution in [0.3, 0.4) is 0 Å². The molecule has 66 valence electrons. The van der Waals surface area contributed by atoms with Gasteiger partial charge in [0.15, 0.2) is 0 Å². The predicted molar refractivity (Wildman–Crippen MR) is 34.0 cm³/mol. The van der Waals surface area contributed by atoms with Gasteiger partial charge < -0.3 is 16.6 Å². The summed E-state index contributed by atoms with van der Waals surface area (Å²) in [4.78, 5) is 20.1. The molecule has 0 bridgehead atoms. The molecule has 0 spiro atoms. The molecule has 1 amide bonds. The summed E-state index contributed by atoms with van der Waals surface area (Å²) in [5, 5.41) is 8.22. The first-order valence-electron chi connectivity index (χ1n) is 2.80. The SMILES string of the molecule is NC(=O)CC[C@H](N)C(=O)O.[Fe]. The zero-order chi connectivity index (χ0) is 8.15. The second-order valence-electron chi connectivity index (χ2n) is 1.95. The Morgan fingerprint density at radius 1 is 1.45 bits per heavy atom. The average molecular weight is 202 g/mol. The number of carbonyl (C=O) groups excluding carboxylic acids is 1. The van der Waals surface area contributed by atoms with Crippen LogP contribution in [-0.2, 0) is 26.7 Å². The topological polar surface area (TPSA) is 106 Å². The van der Waals surface area contributed by atoms with Crippen molar-refractivity contribution in [3.63, 3.8) is 0 Å². The summed E-state index contributed by atoms with van der Waals surface area (Å²) in [6.45, 7) is 0. The number of carboxylic acid groups (broad SMARTS) is 1. The van der Waals surface area contributed by atoms with E-state index in [1.165, 1.54) is 0 Å². The van der Waals surface area contributed by atoms with Gasteiger partial charge in [-0.1, -0.05) is 0 Å². The largest absolute Gasteiger partial charge is 0.480 e. The van der Waals surface area contributed by atoms with Crippen LogP contribution in [0.4, 0.5) is 0 Å². The van der Waals surface area contributed by atoms with E-state index in [4.69, 9.17) is 16.6 Å². The van der Waals surface area contributed by atoms with Crippen LogP contribution in [0.2, 0.25) is 0 Å². The summed E-state index contributed by atoms with van der Waals surface area (Å²) >= 11 is 0. The Labute approximate surface area is 74.6 Å². The molecule has 0 aromatic carbocycles. The Kier molecular flexibility index (Phi) is 7.29. The van der Waals surface area contributed by atoms with Crippen molar-refractivity contribution in [2.45, 2.75) is 18.9 Å². The summed E-state index contributed by atoms with van der Waals surface area (Å²) < 4.78 is 0. The maximum Gasteiger partial charge on any atom is 0.320 e. The summed E-state index contributed by atoms with van der Waals surface area (Å²) in [5.74, 6) is -1.64. The van der Waals surface area contributed by atoms with Crippen LogP contribution in [0, 0.1) is 0 Å². The van der Waals surface area contributed by atoms with E-state index in [-0.39, 0.29) is 29.9 Å². The van der Waals surface area contributed by atoms with Gasteiger partial charge in [-0.05, 0) is 6.42 Å². The maximum absolute atomic E-state index is 10.1. The Bertz CT molecular complexity index is 151. The first kappa shape index (κ1) is 13.0. The molecule has 0 aliphatic carbocycles. The Hall–Kier alpha value is -0.581. The first-order valence-corrected chi connectivity index (χ1v) is 2.80. The van der Waals surface area contributed by atoms with E-state index in [2.05, 4.69) is 0 Å². The van der Waals surface area contributed by atoms with Crippen molar-refractivity contribution in [3.8, 4) is 0 Å². The molecule has 0 fully saturated rings. The van der Waals surface area contributed by atoms with Crippen molar-refractivity contribution in [2.24, 2.45) is 11.5 Å². The second-order valence-corrected chi connectivity index (χ2v) is 1.95. The summed E-state index contributed by atoms with van der Waals surface area (Å²) in [6, 6.07) is -0.979. The quantitative estimate of drug-likeness (QED) is 0.490. The van der Waals surface area contributed by atoms with Gasteiger partial charge in [-0.25, -0.2) is 0 Å². The molecule has 0 rings (SSSR count). The first-order chi connectivity index (χ1) is 4.54. The van der Waals surface area contributed by atoms with Crippen molar-refractivity contribution >= 4 is 11.9 Å². The number of primary amides is 1. The molecule has 0 aromatic rings. The van der Waals surface area contributed by atoms with E-state index in [0.29, 0.717) is 0 Å². The van der Waals surface area contributed by atoms with Gasteiger partial charge in [0.05, 0.1) is 0 Å². The fraction of sp³-hybridized carbons (Fsp3) is 0.600. The summed E-state index contributed by atoms with van der Waals surface area (Å²) in [7, 11) is 0. The maximum atomic E-state index is 10.1. The molecular weight excluding hydrogens is 192 g/mol. The van der Waals surface area contributed by atoms with Crippen LogP contribution in [0.25, 0.3) is 0 Å². The fourth-order valence-corrected chi connectivity index (χ4v) is 0.421. The van der Waals surface area contributed by atoms with Gasteiger partial charge in [0.1, 0.15) is 6.04 Å². The number of carbonyl (C=O) groups is 2. The molecule has 0 aromatic heterocycles. The second kappa shape index (κ2) is 6.15. The number of hydrogen-bond acceptors (Lipinski definition) is 3. The van der Waals surface area contributed by atoms with Crippen LogP contribution in [-0.4, -0.2) is 23.0 Å². The van der Waals surface area contributed by atoms with Crippen molar-refractivity contribution in [2.75, 3.05) is 0 Å². The Morgan fingerprint density at radius 3 is 2.18 bits per heavy atom. The Morgan fingerprint density at radius 2 is 1.91 bits per heavy atom.